The summed E-state index contributed by atoms with van der Waals surface area (Å²) in [7, 11) is 0. The highest BCUT2D eigenvalue weighted by Gasteiger charge is 2.17. The van der Waals surface area contributed by atoms with Crippen molar-refractivity contribution < 1.29 is 9.90 Å². The van der Waals surface area contributed by atoms with Gasteiger partial charge in [0.1, 0.15) is 0 Å². The molecule has 0 radical (unpaired) electrons. The van der Waals surface area contributed by atoms with Crippen LogP contribution in [0.4, 0.5) is 0 Å². The second-order valence-corrected chi connectivity index (χ2v) is 5.60. The van der Waals surface area contributed by atoms with Crippen molar-refractivity contribution in [2.45, 2.75) is 38.6 Å². The maximum Gasteiger partial charge on any atom is 0.236 e. The molecule has 1 rings (SSSR count). The van der Waals surface area contributed by atoms with Gasteiger partial charge in [0.25, 0.3) is 0 Å². The van der Waals surface area contributed by atoms with E-state index in [1.807, 2.05) is 44.2 Å². The van der Waals surface area contributed by atoms with Gasteiger partial charge in [-0.1, -0.05) is 44.2 Å². The summed E-state index contributed by atoms with van der Waals surface area (Å²) in [5.41, 5.74) is 6.98. The van der Waals surface area contributed by atoms with Crippen LogP contribution in [0.2, 0.25) is 0 Å². The lowest BCUT2D eigenvalue weighted by molar-refractivity contribution is -0.122. The lowest BCUT2D eigenvalue weighted by atomic mass is 9.95. The molecule has 0 aromatic heterocycles. The van der Waals surface area contributed by atoms with Crippen molar-refractivity contribution in [2.24, 2.45) is 11.7 Å². The van der Waals surface area contributed by atoms with E-state index in [4.69, 9.17) is 10.8 Å². The van der Waals surface area contributed by atoms with Gasteiger partial charge in [-0.3, -0.25) is 4.79 Å². The summed E-state index contributed by atoms with van der Waals surface area (Å²) in [4.78, 5) is 11.9. The molecule has 0 saturated carbocycles. The van der Waals surface area contributed by atoms with Crippen LogP contribution in [0.1, 0.15) is 38.2 Å². The van der Waals surface area contributed by atoms with E-state index in [1.54, 1.807) is 0 Å². The van der Waals surface area contributed by atoms with E-state index in [2.05, 4.69) is 5.32 Å². The van der Waals surface area contributed by atoms with E-state index in [0.717, 1.165) is 5.56 Å². The molecular weight excluding hydrogens is 252 g/mol. The number of nitrogens with two attached hydrogens (primary N) is 1. The lowest BCUT2D eigenvalue weighted by Crippen LogP contribution is -2.42. The zero-order valence-corrected chi connectivity index (χ0v) is 12.4. The summed E-state index contributed by atoms with van der Waals surface area (Å²) >= 11 is 0. The van der Waals surface area contributed by atoms with Gasteiger partial charge in [-0.25, -0.2) is 0 Å². The predicted molar refractivity (Wildman–Crippen MR) is 81.3 cm³/mol. The number of hydrogen-bond donors (Lipinski definition) is 3. The molecule has 4 heteroatoms. The Hall–Kier alpha value is -1.39. The Kier molecular flexibility index (Phi) is 7.26. The van der Waals surface area contributed by atoms with Gasteiger partial charge >= 0.3 is 0 Å². The Morgan fingerprint density at radius 1 is 1.30 bits per heavy atom. The van der Waals surface area contributed by atoms with Gasteiger partial charge in [0.05, 0.1) is 6.04 Å². The summed E-state index contributed by atoms with van der Waals surface area (Å²) in [6.45, 7) is 4.71. The second-order valence-electron chi connectivity index (χ2n) is 5.60. The molecule has 2 atom stereocenters. The molecule has 1 aromatic carbocycles. The van der Waals surface area contributed by atoms with Crippen LogP contribution in [0.25, 0.3) is 0 Å². The summed E-state index contributed by atoms with van der Waals surface area (Å²) in [5, 5.41) is 12.1. The van der Waals surface area contributed by atoms with Crippen molar-refractivity contribution in [1.82, 2.24) is 5.32 Å². The van der Waals surface area contributed by atoms with E-state index in [1.165, 1.54) is 0 Å². The van der Waals surface area contributed by atoms with E-state index >= 15 is 0 Å². The number of aliphatic hydroxyl groups excluding tert-OH is 1. The first-order valence-corrected chi connectivity index (χ1v) is 7.23. The molecule has 0 aliphatic heterocycles. The molecule has 1 unspecified atom stereocenters. The van der Waals surface area contributed by atoms with Crippen molar-refractivity contribution in [2.75, 3.05) is 13.2 Å². The minimum absolute atomic E-state index is 0.105. The minimum atomic E-state index is -0.458. The molecular formula is C16H26N2O2. The largest absolute Gasteiger partial charge is 0.396 e. The smallest absolute Gasteiger partial charge is 0.236 e. The van der Waals surface area contributed by atoms with Crippen molar-refractivity contribution >= 4 is 5.91 Å². The maximum atomic E-state index is 11.9. The van der Waals surface area contributed by atoms with Crippen LogP contribution in [0, 0.1) is 5.92 Å². The summed E-state index contributed by atoms with van der Waals surface area (Å²) in [6.07, 6.45) is 1.31. The van der Waals surface area contributed by atoms with Gasteiger partial charge in [0.15, 0.2) is 0 Å². The first kappa shape index (κ1) is 16.7. The molecule has 0 bridgehead atoms. The molecule has 0 aliphatic rings. The molecule has 1 amide bonds. The number of rotatable bonds is 8. The SMILES string of the molecule is CC(C)C[C@H](N)C(=O)NCC(CCO)c1ccccc1. The monoisotopic (exact) mass is 278 g/mol. The number of benzene rings is 1. The first-order valence-electron chi connectivity index (χ1n) is 7.23. The zero-order valence-electron chi connectivity index (χ0n) is 12.4. The molecule has 112 valence electrons. The third-order valence-electron chi connectivity index (χ3n) is 3.33. The molecule has 0 fully saturated rings. The number of carbonyl (C=O) groups excluding carboxylic acids is 1. The molecule has 1 aromatic rings. The van der Waals surface area contributed by atoms with Crippen LogP contribution in [-0.2, 0) is 4.79 Å². The Labute approximate surface area is 121 Å². The van der Waals surface area contributed by atoms with Crippen molar-refractivity contribution in [1.29, 1.82) is 0 Å². The normalized spacial score (nSPS) is 14.1. The number of aliphatic hydroxyl groups is 1. The minimum Gasteiger partial charge on any atom is -0.396 e. The van der Waals surface area contributed by atoms with Crippen LogP contribution >= 0.6 is 0 Å². The molecule has 20 heavy (non-hydrogen) atoms. The van der Waals surface area contributed by atoms with E-state index in [9.17, 15) is 4.79 Å². The summed E-state index contributed by atoms with van der Waals surface area (Å²) in [6, 6.07) is 9.45. The molecule has 0 aliphatic carbocycles. The summed E-state index contributed by atoms with van der Waals surface area (Å²) < 4.78 is 0. The standard InChI is InChI=1S/C16H26N2O2/c1-12(2)10-15(17)16(20)18-11-14(8-9-19)13-6-4-3-5-7-13/h3-7,12,14-15,19H,8-11,17H2,1-2H3,(H,18,20)/t14?,15-/m0/s1. The third-order valence-corrected chi connectivity index (χ3v) is 3.33. The zero-order chi connectivity index (χ0) is 15.0. The topological polar surface area (TPSA) is 75.4 Å². The van der Waals surface area contributed by atoms with Gasteiger partial charge in [-0.05, 0) is 24.3 Å². The van der Waals surface area contributed by atoms with Crippen LogP contribution in [0.15, 0.2) is 30.3 Å². The number of carbonyl (C=O) groups is 1. The Morgan fingerprint density at radius 3 is 2.50 bits per heavy atom. The van der Waals surface area contributed by atoms with E-state index in [0.29, 0.717) is 25.3 Å². The van der Waals surface area contributed by atoms with Crippen molar-refractivity contribution in [3.8, 4) is 0 Å². The molecule has 0 spiro atoms. The average Bonchev–Trinajstić information content (AvgIpc) is 2.43. The second kappa shape index (κ2) is 8.72. The van der Waals surface area contributed by atoms with Crippen LogP contribution in [0.5, 0.6) is 0 Å². The lowest BCUT2D eigenvalue weighted by Gasteiger charge is -2.19. The predicted octanol–water partition coefficient (Wildman–Crippen LogP) is 1.64. The van der Waals surface area contributed by atoms with Crippen molar-refractivity contribution in [3.63, 3.8) is 0 Å². The van der Waals surface area contributed by atoms with E-state index in [-0.39, 0.29) is 18.4 Å². The summed E-state index contributed by atoms with van der Waals surface area (Å²) in [5.74, 6) is 0.409. The Morgan fingerprint density at radius 2 is 1.95 bits per heavy atom. The fourth-order valence-corrected chi connectivity index (χ4v) is 2.24. The van der Waals surface area contributed by atoms with Gasteiger partial charge in [-0.2, -0.15) is 0 Å². The van der Waals surface area contributed by atoms with Crippen LogP contribution in [0.3, 0.4) is 0 Å². The maximum absolute atomic E-state index is 11.9. The highest BCUT2D eigenvalue weighted by atomic mass is 16.3. The van der Waals surface area contributed by atoms with Gasteiger partial charge in [-0.15, -0.1) is 0 Å². The van der Waals surface area contributed by atoms with Gasteiger partial charge < -0.3 is 16.2 Å². The fraction of sp³-hybridized carbons (Fsp3) is 0.562. The highest BCUT2D eigenvalue weighted by molar-refractivity contribution is 5.81. The fourth-order valence-electron chi connectivity index (χ4n) is 2.24. The van der Waals surface area contributed by atoms with Crippen molar-refractivity contribution in [3.05, 3.63) is 35.9 Å². The molecule has 4 N–H and O–H groups in total. The van der Waals surface area contributed by atoms with E-state index < -0.39 is 6.04 Å². The number of amides is 1. The van der Waals surface area contributed by atoms with Crippen LogP contribution < -0.4 is 11.1 Å². The van der Waals surface area contributed by atoms with Gasteiger partial charge in [0.2, 0.25) is 5.91 Å². The number of hydrogen-bond acceptors (Lipinski definition) is 3. The highest BCUT2D eigenvalue weighted by Crippen LogP contribution is 2.18. The first-order chi connectivity index (χ1) is 9.54. The molecule has 0 heterocycles. The third kappa shape index (κ3) is 5.72. The average molecular weight is 278 g/mol. The Bertz CT molecular complexity index is 393. The quantitative estimate of drug-likeness (QED) is 0.676. The Balaban J connectivity index is 2.53. The molecule has 4 nitrogen and oxygen atoms in total. The molecule has 0 saturated heterocycles. The van der Waals surface area contributed by atoms with Crippen LogP contribution in [-0.4, -0.2) is 30.2 Å². The number of nitrogens with one attached hydrogen (secondary N) is 1. The van der Waals surface area contributed by atoms with Gasteiger partial charge in [0, 0.05) is 19.1 Å².